The number of aliphatic carboxylic acids is 1. The Morgan fingerprint density at radius 3 is 2.89 bits per heavy atom. The van der Waals surface area contributed by atoms with Gasteiger partial charge in [-0.25, -0.2) is 4.79 Å². The van der Waals surface area contributed by atoms with Crippen molar-refractivity contribution >= 4 is 5.97 Å². The predicted molar refractivity (Wildman–Crippen MR) is 72.0 cm³/mol. The lowest BCUT2D eigenvalue weighted by Crippen LogP contribution is -2.56. The number of nitrogens with zero attached hydrogens (tertiary/aromatic N) is 1. The van der Waals surface area contributed by atoms with Crippen LogP contribution in [0.25, 0.3) is 0 Å². The largest absolute Gasteiger partial charge is 0.480 e. The van der Waals surface area contributed by atoms with E-state index in [1.54, 1.807) is 0 Å². The number of benzene rings is 1. The average Bonchev–Trinajstić information content (AvgIpc) is 2.38. The summed E-state index contributed by atoms with van der Waals surface area (Å²) in [6.07, 6.45) is 0. The van der Waals surface area contributed by atoms with Gasteiger partial charge in [-0.2, -0.15) is 0 Å². The molecule has 2 rings (SSSR count). The van der Waals surface area contributed by atoms with Crippen molar-refractivity contribution < 1.29 is 14.6 Å². The van der Waals surface area contributed by atoms with E-state index in [1.165, 1.54) is 0 Å². The highest BCUT2D eigenvalue weighted by molar-refractivity contribution is 5.82. The summed E-state index contributed by atoms with van der Waals surface area (Å²) in [5, 5.41) is 12.8. The first kappa shape index (κ1) is 14.0. The van der Waals surface area contributed by atoms with Gasteiger partial charge in [0.05, 0.1) is 13.2 Å². The number of carboxylic acid groups (broad SMARTS) is 1. The maximum absolute atomic E-state index is 11.8. The molecule has 0 spiro atoms. The van der Waals surface area contributed by atoms with E-state index in [0.717, 1.165) is 17.7 Å². The second-order valence-corrected chi connectivity index (χ2v) is 5.09. The first-order chi connectivity index (χ1) is 9.06. The van der Waals surface area contributed by atoms with Crippen molar-refractivity contribution in [3.63, 3.8) is 0 Å². The van der Waals surface area contributed by atoms with Crippen LogP contribution in [0.5, 0.6) is 0 Å². The summed E-state index contributed by atoms with van der Waals surface area (Å²) >= 11 is 0. The van der Waals surface area contributed by atoms with Crippen molar-refractivity contribution in [1.29, 1.82) is 0 Å². The zero-order chi connectivity index (χ0) is 13.9. The van der Waals surface area contributed by atoms with E-state index in [4.69, 9.17) is 4.74 Å². The van der Waals surface area contributed by atoms with Crippen LogP contribution in [0.1, 0.15) is 11.1 Å². The summed E-state index contributed by atoms with van der Waals surface area (Å²) < 4.78 is 5.47. The smallest absolute Gasteiger partial charge is 0.331 e. The third-order valence-corrected chi connectivity index (χ3v) is 3.40. The number of hydrogen-bond acceptors (Lipinski definition) is 4. The molecule has 0 amide bonds. The number of fused-ring (bicyclic) bond motifs is 1. The molecule has 1 aromatic rings. The summed E-state index contributed by atoms with van der Waals surface area (Å²) in [5.41, 5.74) is 0.617. The van der Waals surface area contributed by atoms with Crippen molar-refractivity contribution in [2.45, 2.75) is 12.1 Å². The Kier molecular flexibility index (Phi) is 4.19. The van der Waals surface area contributed by atoms with Crippen LogP contribution in [0.4, 0.5) is 0 Å². The van der Waals surface area contributed by atoms with Gasteiger partial charge in [0.15, 0.2) is 5.54 Å². The maximum Gasteiger partial charge on any atom is 0.331 e. The Bertz CT molecular complexity index is 462. The minimum Gasteiger partial charge on any atom is -0.480 e. The first-order valence-electron chi connectivity index (χ1n) is 6.35. The van der Waals surface area contributed by atoms with Crippen molar-refractivity contribution in [2.75, 3.05) is 33.8 Å². The highest BCUT2D eigenvalue weighted by Crippen LogP contribution is 2.30. The van der Waals surface area contributed by atoms with Gasteiger partial charge >= 0.3 is 5.97 Å². The summed E-state index contributed by atoms with van der Waals surface area (Å²) in [4.78, 5) is 13.8. The molecule has 19 heavy (non-hydrogen) atoms. The fourth-order valence-corrected chi connectivity index (χ4v) is 2.35. The van der Waals surface area contributed by atoms with E-state index in [-0.39, 0.29) is 6.61 Å². The van der Waals surface area contributed by atoms with Crippen LogP contribution in [0.2, 0.25) is 0 Å². The Balaban J connectivity index is 2.28. The van der Waals surface area contributed by atoms with E-state index >= 15 is 0 Å². The first-order valence-corrected chi connectivity index (χ1v) is 6.35. The van der Waals surface area contributed by atoms with Gasteiger partial charge in [0.2, 0.25) is 0 Å². The van der Waals surface area contributed by atoms with Crippen molar-refractivity contribution in [3.05, 3.63) is 35.4 Å². The molecule has 104 valence electrons. The summed E-state index contributed by atoms with van der Waals surface area (Å²) in [7, 11) is 3.92. The van der Waals surface area contributed by atoms with Gasteiger partial charge in [-0.1, -0.05) is 24.3 Å². The molecular formula is C14H20N2O3. The lowest BCUT2D eigenvalue weighted by molar-refractivity contribution is -0.150. The summed E-state index contributed by atoms with van der Waals surface area (Å²) in [5.74, 6) is -0.890. The molecule has 0 fully saturated rings. The maximum atomic E-state index is 11.8. The van der Waals surface area contributed by atoms with Crippen LogP contribution in [-0.2, 0) is 21.7 Å². The molecule has 1 atom stereocenters. The molecule has 0 bridgehead atoms. The van der Waals surface area contributed by atoms with Gasteiger partial charge in [-0.15, -0.1) is 0 Å². The van der Waals surface area contributed by atoms with E-state index in [2.05, 4.69) is 5.32 Å². The molecule has 1 aliphatic heterocycles. The lowest BCUT2D eigenvalue weighted by atomic mass is 9.85. The van der Waals surface area contributed by atoms with E-state index in [1.807, 2.05) is 43.3 Å². The minimum absolute atomic E-state index is 0.159. The molecule has 0 radical (unpaired) electrons. The van der Waals surface area contributed by atoms with Gasteiger partial charge < -0.3 is 14.7 Å². The van der Waals surface area contributed by atoms with Crippen LogP contribution >= 0.6 is 0 Å². The lowest BCUT2D eigenvalue weighted by Gasteiger charge is -2.36. The van der Waals surface area contributed by atoms with E-state index in [9.17, 15) is 9.90 Å². The Morgan fingerprint density at radius 2 is 2.21 bits per heavy atom. The number of carboxylic acids is 1. The molecule has 1 heterocycles. The zero-order valence-corrected chi connectivity index (χ0v) is 11.3. The van der Waals surface area contributed by atoms with Crippen LogP contribution < -0.4 is 5.32 Å². The highest BCUT2D eigenvalue weighted by atomic mass is 16.5. The van der Waals surface area contributed by atoms with E-state index < -0.39 is 11.5 Å². The fourth-order valence-electron chi connectivity index (χ4n) is 2.35. The quantitative estimate of drug-likeness (QED) is 0.817. The number of hydrogen-bond donors (Lipinski definition) is 2. The zero-order valence-electron chi connectivity index (χ0n) is 11.3. The predicted octanol–water partition coefficient (Wildman–Crippen LogP) is 0.648. The van der Waals surface area contributed by atoms with Crippen LogP contribution in [0.15, 0.2) is 24.3 Å². The second kappa shape index (κ2) is 5.69. The Hall–Kier alpha value is -1.43. The Morgan fingerprint density at radius 1 is 1.47 bits per heavy atom. The van der Waals surface area contributed by atoms with Crippen molar-refractivity contribution in [3.8, 4) is 0 Å². The fraction of sp³-hybridized carbons (Fsp3) is 0.500. The molecule has 0 aliphatic carbocycles. The summed E-state index contributed by atoms with van der Waals surface area (Å²) in [6, 6.07) is 7.56. The number of likely N-dealkylation sites (N-methyl/N-ethyl adjacent to an activating group) is 1. The molecule has 1 aromatic carbocycles. The van der Waals surface area contributed by atoms with Gasteiger partial charge in [0.25, 0.3) is 0 Å². The minimum atomic E-state index is -1.13. The molecule has 1 unspecified atom stereocenters. The molecule has 2 N–H and O–H groups in total. The third-order valence-electron chi connectivity index (χ3n) is 3.40. The Labute approximate surface area is 113 Å². The normalized spacial score (nSPS) is 22.3. The SMILES string of the molecule is CN(C)CCNC1(C(=O)O)COCc2ccccc21. The summed E-state index contributed by atoms with van der Waals surface area (Å²) in [6.45, 7) is 2.00. The second-order valence-electron chi connectivity index (χ2n) is 5.09. The van der Waals surface area contributed by atoms with Gasteiger partial charge in [-0.3, -0.25) is 5.32 Å². The monoisotopic (exact) mass is 264 g/mol. The third kappa shape index (κ3) is 2.78. The van der Waals surface area contributed by atoms with Crippen molar-refractivity contribution in [2.24, 2.45) is 0 Å². The van der Waals surface area contributed by atoms with E-state index in [0.29, 0.717) is 13.2 Å². The molecular weight excluding hydrogens is 244 g/mol. The number of nitrogens with one attached hydrogen (secondary N) is 1. The standard InChI is InChI=1S/C14H20N2O3/c1-16(2)8-7-15-14(13(17)18)10-19-9-11-5-3-4-6-12(11)14/h3-6,15H,7-10H2,1-2H3,(H,17,18). The molecule has 1 aliphatic rings. The van der Waals surface area contributed by atoms with Crippen molar-refractivity contribution in [1.82, 2.24) is 10.2 Å². The van der Waals surface area contributed by atoms with Gasteiger partial charge in [0, 0.05) is 13.1 Å². The molecule has 5 heteroatoms. The average molecular weight is 264 g/mol. The molecule has 0 saturated carbocycles. The molecule has 0 saturated heterocycles. The number of carbonyl (C=O) groups is 1. The molecule has 0 aromatic heterocycles. The molecule has 5 nitrogen and oxygen atoms in total. The van der Waals surface area contributed by atoms with Gasteiger partial charge in [0.1, 0.15) is 0 Å². The topological polar surface area (TPSA) is 61.8 Å². The number of rotatable bonds is 5. The van der Waals surface area contributed by atoms with Crippen LogP contribution in [0, 0.1) is 0 Å². The van der Waals surface area contributed by atoms with Gasteiger partial charge in [-0.05, 0) is 25.2 Å². The highest BCUT2D eigenvalue weighted by Gasteiger charge is 2.44. The van der Waals surface area contributed by atoms with Crippen LogP contribution in [0.3, 0.4) is 0 Å². The van der Waals surface area contributed by atoms with Crippen LogP contribution in [-0.4, -0.2) is 49.8 Å². The number of ether oxygens (including phenoxy) is 1.